The Labute approximate surface area is 136 Å². The van der Waals surface area contributed by atoms with Crippen LogP contribution in [0.15, 0.2) is 16.6 Å². The van der Waals surface area contributed by atoms with Crippen LogP contribution < -0.4 is 15.2 Å². The molecular formula is C16H26BrNO3. The molecule has 21 heavy (non-hydrogen) atoms. The van der Waals surface area contributed by atoms with Crippen LogP contribution >= 0.6 is 15.9 Å². The second-order valence-corrected chi connectivity index (χ2v) is 5.83. The fourth-order valence-electron chi connectivity index (χ4n) is 1.96. The highest BCUT2D eigenvalue weighted by atomic mass is 79.9. The number of ether oxygens (including phenoxy) is 3. The molecule has 0 amide bonds. The molecule has 1 atom stereocenters. The van der Waals surface area contributed by atoms with Gasteiger partial charge in [-0.15, -0.1) is 0 Å². The Hall–Kier alpha value is -0.780. The van der Waals surface area contributed by atoms with Crippen molar-refractivity contribution in [1.29, 1.82) is 0 Å². The highest BCUT2D eigenvalue weighted by Crippen LogP contribution is 2.37. The van der Waals surface area contributed by atoms with E-state index in [1.807, 2.05) is 26.0 Å². The molecule has 0 fully saturated rings. The molecule has 1 aromatic carbocycles. The van der Waals surface area contributed by atoms with Crippen LogP contribution in [0.1, 0.15) is 32.8 Å². The molecule has 0 aliphatic rings. The van der Waals surface area contributed by atoms with E-state index in [0.717, 1.165) is 41.0 Å². The van der Waals surface area contributed by atoms with E-state index in [9.17, 15) is 0 Å². The molecule has 0 aliphatic heterocycles. The third-order valence-electron chi connectivity index (χ3n) is 2.75. The van der Waals surface area contributed by atoms with Crippen molar-refractivity contribution in [3.63, 3.8) is 0 Å². The summed E-state index contributed by atoms with van der Waals surface area (Å²) in [5.74, 6) is 1.48. The molecule has 0 aromatic heterocycles. The van der Waals surface area contributed by atoms with Gasteiger partial charge in [0.25, 0.3) is 0 Å². The fourth-order valence-corrected chi connectivity index (χ4v) is 2.57. The van der Waals surface area contributed by atoms with Crippen molar-refractivity contribution in [2.45, 2.75) is 39.7 Å². The molecule has 0 spiro atoms. The van der Waals surface area contributed by atoms with Crippen LogP contribution in [0.5, 0.6) is 11.5 Å². The standard InChI is InChI=1S/C16H26BrNO3/c1-4-6-19-7-8-21-16-14(17)10-13(9-12(3)18)11-15(16)20-5-2/h10-12H,4-9,18H2,1-3H3. The zero-order valence-corrected chi connectivity index (χ0v) is 14.7. The molecule has 1 unspecified atom stereocenters. The van der Waals surface area contributed by atoms with E-state index in [0.29, 0.717) is 19.8 Å². The van der Waals surface area contributed by atoms with E-state index < -0.39 is 0 Å². The Morgan fingerprint density at radius 2 is 1.90 bits per heavy atom. The van der Waals surface area contributed by atoms with Gasteiger partial charge in [-0.2, -0.15) is 0 Å². The minimum atomic E-state index is 0.112. The molecular weight excluding hydrogens is 334 g/mol. The van der Waals surface area contributed by atoms with Gasteiger partial charge in [0, 0.05) is 12.6 Å². The van der Waals surface area contributed by atoms with E-state index in [-0.39, 0.29) is 6.04 Å². The maximum Gasteiger partial charge on any atom is 0.175 e. The summed E-state index contributed by atoms with van der Waals surface area (Å²) in [6.07, 6.45) is 1.82. The minimum absolute atomic E-state index is 0.112. The van der Waals surface area contributed by atoms with Crippen LogP contribution in [0, 0.1) is 0 Å². The van der Waals surface area contributed by atoms with Crippen LogP contribution in [-0.4, -0.2) is 32.5 Å². The number of hydrogen-bond acceptors (Lipinski definition) is 4. The molecule has 0 heterocycles. The van der Waals surface area contributed by atoms with E-state index in [2.05, 4.69) is 22.9 Å². The second kappa shape index (κ2) is 10.0. The van der Waals surface area contributed by atoms with E-state index in [1.165, 1.54) is 0 Å². The summed E-state index contributed by atoms with van der Waals surface area (Å²) >= 11 is 3.55. The summed E-state index contributed by atoms with van der Waals surface area (Å²) in [4.78, 5) is 0. The van der Waals surface area contributed by atoms with Crippen molar-refractivity contribution in [3.05, 3.63) is 22.2 Å². The maximum absolute atomic E-state index is 5.86. The molecule has 0 radical (unpaired) electrons. The molecule has 2 N–H and O–H groups in total. The Balaban J connectivity index is 2.76. The lowest BCUT2D eigenvalue weighted by atomic mass is 10.1. The van der Waals surface area contributed by atoms with Crippen LogP contribution in [0.25, 0.3) is 0 Å². The molecule has 0 bridgehead atoms. The van der Waals surface area contributed by atoms with Crippen molar-refractivity contribution >= 4 is 15.9 Å². The molecule has 4 nitrogen and oxygen atoms in total. The van der Waals surface area contributed by atoms with Crippen LogP contribution in [-0.2, 0) is 11.2 Å². The predicted octanol–water partition coefficient (Wildman–Crippen LogP) is 3.54. The number of benzene rings is 1. The second-order valence-electron chi connectivity index (χ2n) is 4.98. The quantitative estimate of drug-likeness (QED) is 0.649. The Bertz CT molecular complexity index is 424. The zero-order chi connectivity index (χ0) is 15.7. The largest absolute Gasteiger partial charge is 0.490 e. The lowest BCUT2D eigenvalue weighted by molar-refractivity contribution is 0.0989. The molecule has 0 saturated carbocycles. The topological polar surface area (TPSA) is 53.7 Å². The summed E-state index contributed by atoms with van der Waals surface area (Å²) in [5, 5.41) is 0. The summed E-state index contributed by atoms with van der Waals surface area (Å²) in [7, 11) is 0. The highest BCUT2D eigenvalue weighted by molar-refractivity contribution is 9.10. The van der Waals surface area contributed by atoms with Gasteiger partial charge in [0.15, 0.2) is 11.5 Å². The van der Waals surface area contributed by atoms with E-state index in [1.54, 1.807) is 0 Å². The number of nitrogens with two attached hydrogens (primary N) is 1. The predicted molar refractivity (Wildman–Crippen MR) is 89.3 cm³/mol. The third kappa shape index (κ3) is 6.68. The molecule has 0 saturated heterocycles. The monoisotopic (exact) mass is 359 g/mol. The minimum Gasteiger partial charge on any atom is -0.490 e. The normalized spacial score (nSPS) is 12.2. The zero-order valence-electron chi connectivity index (χ0n) is 13.2. The van der Waals surface area contributed by atoms with Crippen molar-refractivity contribution < 1.29 is 14.2 Å². The SMILES string of the molecule is CCCOCCOc1c(Br)cc(CC(C)N)cc1OCC. The van der Waals surface area contributed by atoms with Gasteiger partial charge in [-0.3, -0.25) is 0 Å². The number of halogens is 1. The van der Waals surface area contributed by atoms with Crippen molar-refractivity contribution in [2.24, 2.45) is 5.73 Å². The smallest absolute Gasteiger partial charge is 0.175 e. The van der Waals surface area contributed by atoms with Gasteiger partial charge >= 0.3 is 0 Å². The first-order valence-electron chi connectivity index (χ1n) is 7.49. The van der Waals surface area contributed by atoms with Gasteiger partial charge in [0.05, 0.1) is 17.7 Å². The number of rotatable bonds is 10. The van der Waals surface area contributed by atoms with E-state index >= 15 is 0 Å². The highest BCUT2D eigenvalue weighted by Gasteiger charge is 2.13. The van der Waals surface area contributed by atoms with Crippen LogP contribution in [0.4, 0.5) is 0 Å². The molecule has 1 aromatic rings. The lowest BCUT2D eigenvalue weighted by Crippen LogP contribution is -2.18. The molecule has 1 rings (SSSR count). The van der Waals surface area contributed by atoms with Gasteiger partial charge in [-0.25, -0.2) is 0 Å². The molecule has 120 valence electrons. The van der Waals surface area contributed by atoms with Gasteiger partial charge < -0.3 is 19.9 Å². The Morgan fingerprint density at radius 3 is 2.52 bits per heavy atom. The molecule has 5 heteroatoms. The Morgan fingerprint density at radius 1 is 1.14 bits per heavy atom. The first-order chi connectivity index (χ1) is 10.1. The Kier molecular flexibility index (Phi) is 8.73. The average molecular weight is 360 g/mol. The van der Waals surface area contributed by atoms with Gasteiger partial charge in [0.1, 0.15) is 6.61 Å². The van der Waals surface area contributed by atoms with Crippen molar-refractivity contribution in [2.75, 3.05) is 26.4 Å². The average Bonchev–Trinajstić information content (AvgIpc) is 2.40. The summed E-state index contributed by atoms with van der Waals surface area (Å²) < 4.78 is 17.8. The first-order valence-corrected chi connectivity index (χ1v) is 8.29. The van der Waals surface area contributed by atoms with Gasteiger partial charge in [-0.05, 0) is 60.3 Å². The lowest BCUT2D eigenvalue weighted by Gasteiger charge is -2.16. The summed E-state index contributed by atoms with van der Waals surface area (Å²) in [5.41, 5.74) is 6.99. The van der Waals surface area contributed by atoms with Crippen molar-refractivity contribution in [3.8, 4) is 11.5 Å². The van der Waals surface area contributed by atoms with Crippen LogP contribution in [0.3, 0.4) is 0 Å². The van der Waals surface area contributed by atoms with Crippen LogP contribution in [0.2, 0.25) is 0 Å². The van der Waals surface area contributed by atoms with Gasteiger partial charge in [0.2, 0.25) is 0 Å². The van der Waals surface area contributed by atoms with Gasteiger partial charge in [-0.1, -0.05) is 6.92 Å². The van der Waals surface area contributed by atoms with E-state index in [4.69, 9.17) is 19.9 Å². The fraction of sp³-hybridized carbons (Fsp3) is 0.625. The summed E-state index contributed by atoms with van der Waals surface area (Å²) in [6, 6.07) is 4.15. The molecule has 0 aliphatic carbocycles. The third-order valence-corrected chi connectivity index (χ3v) is 3.34. The first kappa shape index (κ1) is 18.3. The van der Waals surface area contributed by atoms with Crippen molar-refractivity contribution in [1.82, 2.24) is 0 Å². The maximum atomic E-state index is 5.86. The number of hydrogen-bond donors (Lipinski definition) is 1. The summed E-state index contributed by atoms with van der Waals surface area (Å²) in [6.45, 7) is 8.47.